The van der Waals surface area contributed by atoms with Gasteiger partial charge in [-0.05, 0) is 42.2 Å². The van der Waals surface area contributed by atoms with Crippen LogP contribution in [0.25, 0.3) is 0 Å². The molecule has 0 aliphatic heterocycles. The van der Waals surface area contributed by atoms with Crippen LogP contribution >= 0.6 is 0 Å². The van der Waals surface area contributed by atoms with E-state index in [1.54, 1.807) is 0 Å². The van der Waals surface area contributed by atoms with E-state index >= 15 is 0 Å². The molecule has 0 radical (unpaired) electrons. The summed E-state index contributed by atoms with van der Waals surface area (Å²) in [4.78, 5) is 24.5. The van der Waals surface area contributed by atoms with Gasteiger partial charge >= 0.3 is 0 Å². The monoisotopic (exact) mass is 448 g/mol. The molecule has 2 aromatic rings. The average molecular weight is 449 g/mol. The zero-order valence-electron chi connectivity index (χ0n) is 20.2. The molecule has 0 saturated heterocycles. The molecule has 33 heavy (non-hydrogen) atoms. The van der Waals surface area contributed by atoms with Gasteiger partial charge in [0, 0.05) is 12.8 Å². The number of hydrazone groups is 2. The molecule has 6 nitrogen and oxygen atoms in total. The van der Waals surface area contributed by atoms with E-state index in [4.69, 9.17) is 0 Å². The molecular formula is C27H36N4O2. The van der Waals surface area contributed by atoms with Gasteiger partial charge in [0.05, 0.1) is 11.4 Å². The standard InChI is InChI=1S/C27H36N4O2/c1-20(2)18-24(22-12-7-5-8-13-22)28-30-26(32)16-11-17-27(33)31-29-25(19-21(3)4)23-14-9-6-10-15-23/h5-10,12-15,20-21H,11,16-19H2,1-4H3,(H,30,32)(H,31,33). The molecule has 6 heteroatoms. The van der Waals surface area contributed by atoms with Gasteiger partial charge in [0.25, 0.3) is 0 Å². The molecule has 2 rings (SSSR count). The van der Waals surface area contributed by atoms with Crippen LogP contribution in [0.5, 0.6) is 0 Å². The molecule has 2 amide bonds. The van der Waals surface area contributed by atoms with Crippen molar-refractivity contribution < 1.29 is 9.59 Å². The Morgan fingerprint density at radius 3 is 1.36 bits per heavy atom. The highest BCUT2D eigenvalue weighted by Gasteiger charge is 2.10. The second-order valence-corrected chi connectivity index (χ2v) is 8.97. The van der Waals surface area contributed by atoms with E-state index in [-0.39, 0.29) is 24.7 Å². The first-order chi connectivity index (χ1) is 15.8. The summed E-state index contributed by atoms with van der Waals surface area (Å²) in [5.41, 5.74) is 8.99. The number of nitrogens with one attached hydrogen (secondary N) is 2. The summed E-state index contributed by atoms with van der Waals surface area (Å²) in [6, 6.07) is 19.7. The molecule has 0 spiro atoms. The van der Waals surface area contributed by atoms with Crippen LogP contribution < -0.4 is 10.9 Å². The number of hydrogen-bond acceptors (Lipinski definition) is 4. The fourth-order valence-corrected chi connectivity index (χ4v) is 3.27. The Morgan fingerprint density at radius 1 is 0.667 bits per heavy atom. The van der Waals surface area contributed by atoms with Gasteiger partial charge in [-0.1, -0.05) is 88.4 Å². The highest BCUT2D eigenvalue weighted by atomic mass is 16.2. The third kappa shape index (κ3) is 10.3. The van der Waals surface area contributed by atoms with Gasteiger partial charge in [-0.15, -0.1) is 0 Å². The number of nitrogens with zero attached hydrogens (tertiary/aromatic N) is 2. The van der Waals surface area contributed by atoms with Crippen molar-refractivity contribution in [3.05, 3.63) is 71.8 Å². The Morgan fingerprint density at radius 2 is 1.03 bits per heavy atom. The molecule has 176 valence electrons. The first-order valence-corrected chi connectivity index (χ1v) is 11.7. The van der Waals surface area contributed by atoms with Crippen LogP contribution in [0.3, 0.4) is 0 Å². The molecule has 0 heterocycles. The minimum absolute atomic E-state index is 0.201. The quantitative estimate of drug-likeness (QED) is 0.342. The lowest BCUT2D eigenvalue weighted by molar-refractivity contribution is -0.122. The molecule has 2 aromatic carbocycles. The minimum atomic E-state index is -0.201. The van der Waals surface area contributed by atoms with E-state index < -0.39 is 0 Å². The Labute approximate surface area is 197 Å². The van der Waals surface area contributed by atoms with E-state index in [2.05, 4.69) is 48.7 Å². The summed E-state index contributed by atoms with van der Waals surface area (Å²) in [6.45, 7) is 8.47. The molecule has 0 bridgehead atoms. The molecule has 0 atom stereocenters. The highest BCUT2D eigenvalue weighted by Crippen LogP contribution is 2.11. The van der Waals surface area contributed by atoms with Crippen molar-refractivity contribution in [2.75, 3.05) is 0 Å². The van der Waals surface area contributed by atoms with Gasteiger partial charge in [-0.25, -0.2) is 10.9 Å². The lowest BCUT2D eigenvalue weighted by atomic mass is 10.0. The Balaban J connectivity index is 1.84. The van der Waals surface area contributed by atoms with E-state index in [1.807, 2.05) is 60.7 Å². The van der Waals surface area contributed by atoms with E-state index in [0.717, 1.165) is 35.4 Å². The molecular weight excluding hydrogens is 412 g/mol. The minimum Gasteiger partial charge on any atom is -0.273 e. The van der Waals surface area contributed by atoms with Gasteiger partial charge in [0.2, 0.25) is 11.8 Å². The third-order valence-electron chi connectivity index (χ3n) is 4.86. The Hall–Kier alpha value is -3.28. The number of hydrogen-bond donors (Lipinski definition) is 2. The van der Waals surface area contributed by atoms with Crippen molar-refractivity contribution >= 4 is 23.2 Å². The molecule has 0 saturated carbocycles. The zero-order chi connectivity index (χ0) is 24.1. The predicted molar refractivity (Wildman–Crippen MR) is 135 cm³/mol. The smallest absolute Gasteiger partial charge is 0.240 e. The normalized spacial score (nSPS) is 12.2. The largest absolute Gasteiger partial charge is 0.273 e. The van der Waals surface area contributed by atoms with Gasteiger partial charge in [-0.3, -0.25) is 9.59 Å². The van der Waals surface area contributed by atoms with Crippen LogP contribution in [0.2, 0.25) is 0 Å². The van der Waals surface area contributed by atoms with Gasteiger partial charge < -0.3 is 0 Å². The van der Waals surface area contributed by atoms with Crippen LogP contribution in [0.1, 0.15) is 70.9 Å². The zero-order valence-corrected chi connectivity index (χ0v) is 20.2. The van der Waals surface area contributed by atoms with Crippen LogP contribution in [-0.4, -0.2) is 23.2 Å². The summed E-state index contributed by atoms with van der Waals surface area (Å²) in [5.74, 6) is 0.435. The van der Waals surface area contributed by atoms with Crippen LogP contribution in [0.4, 0.5) is 0 Å². The average Bonchev–Trinajstić information content (AvgIpc) is 2.80. The number of benzene rings is 2. The number of carbonyl (C=O) groups excluding carboxylic acids is 2. The first-order valence-electron chi connectivity index (χ1n) is 11.7. The lowest BCUT2D eigenvalue weighted by Crippen LogP contribution is -2.23. The SMILES string of the molecule is CC(C)CC(=NNC(=O)CCCC(=O)NN=C(CC(C)C)c1ccccc1)c1ccccc1. The summed E-state index contributed by atoms with van der Waals surface area (Å²) in [5, 5.41) is 8.69. The van der Waals surface area contributed by atoms with E-state index in [1.165, 1.54) is 0 Å². The summed E-state index contributed by atoms with van der Waals surface area (Å²) in [6.07, 6.45) is 2.41. The van der Waals surface area contributed by atoms with E-state index in [0.29, 0.717) is 18.3 Å². The third-order valence-corrected chi connectivity index (χ3v) is 4.86. The highest BCUT2D eigenvalue weighted by molar-refractivity contribution is 6.01. The number of amides is 2. The number of carbonyl (C=O) groups is 2. The second-order valence-electron chi connectivity index (χ2n) is 8.97. The Bertz CT molecular complexity index is 858. The first kappa shape index (κ1) is 26.0. The van der Waals surface area contributed by atoms with Gasteiger partial charge in [0.1, 0.15) is 0 Å². The van der Waals surface area contributed by atoms with Crippen molar-refractivity contribution in [2.24, 2.45) is 22.0 Å². The second kappa shape index (κ2) is 14.0. The summed E-state index contributed by atoms with van der Waals surface area (Å²) in [7, 11) is 0. The maximum atomic E-state index is 12.2. The topological polar surface area (TPSA) is 82.9 Å². The van der Waals surface area contributed by atoms with Gasteiger partial charge in [-0.2, -0.15) is 10.2 Å². The molecule has 0 fully saturated rings. The maximum absolute atomic E-state index is 12.2. The predicted octanol–water partition coefficient (Wildman–Crippen LogP) is 5.29. The van der Waals surface area contributed by atoms with Crippen molar-refractivity contribution in [3.8, 4) is 0 Å². The Kier molecular flexibility index (Phi) is 11.0. The van der Waals surface area contributed by atoms with Crippen LogP contribution in [-0.2, 0) is 9.59 Å². The van der Waals surface area contributed by atoms with Crippen LogP contribution in [0, 0.1) is 11.8 Å². The summed E-state index contributed by atoms with van der Waals surface area (Å²) < 4.78 is 0. The molecule has 0 unspecified atom stereocenters. The molecule has 0 aliphatic carbocycles. The number of rotatable bonds is 12. The lowest BCUT2D eigenvalue weighted by Gasteiger charge is -2.10. The van der Waals surface area contributed by atoms with Crippen molar-refractivity contribution in [3.63, 3.8) is 0 Å². The maximum Gasteiger partial charge on any atom is 0.240 e. The summed E-state index contributed by atoms with van der Waals surface area (Å²) >= 11 is 0. The van der Waals surface area contributed by atoms with Gasteiger partial charge in [0.15, 0.2) is 0 Å². The fraction of sp³-hybridized carbons (Fsp3) is 0.407. The molecule has 2 N–H and O–H groups in total. The van der Waals surface area contributed by atoms with Crippen molar-refractivity contribution in [1.82, 2.24) is 10.9 Å². The molecule has 0 aromatic heterocycles. The van der Waals surface area contributed by atoms with Crippen molar-refractivity contribution in [2.45, 2.75) is 59.8 Å². The molecule has 0 aliphatic rings. The fourth-order valence-electron chi connectivity index (χ4n) is 3.27. The van der Waals surface area contributed by atoms with E-state index in [9.17, 15) is 9.59 Å². The van der Waals surface area contributed by atoms with Crippen LogP contribution in [0.15, 0.2) is 70.9 Å². The van der Waals surface area contributed by atoms with Crippen molar-refractivity contribution in [1.29, 1.82) is 0 Å².